The van der Waals surface area contributed by atoms with Crippen LogP contribution in [0.1, 0.15) is 36.1 Å². The zero-order chi connectivity index (χ0) is 53.4. The molecule has 2 atom stereocenters. The van der Waals surface area contributed by atoms with E-state index in [9.17, 15) is 46.1 Å². The number of alkyl halides is 6. The summed E-state index contributed by atoms with van der Waals surface area (Å²) in [5.41, 5.74) is -0.635. The number of benzene rings is 4. The number of carbonyl (C=O) groups is 2. The fraction of sp³-hybridized carbons (Fsp3) is 0.192. The SMILES string of the molecule is C=CCn1cc(C(O)(c2ccc3[nH]ncc3c2)C(F)(F)F)c2ccccc21.C=CCn1cc(C(O)(c2ccc3c(cnn3C(=O)NCC)c2)C(F)(F)F)c2ccccc21.CCN.O=C(n1ccnc1)n1ccnc1. The molecule has 16 nitrogen and oxygen atoms in total. The number of amides is 1. The standard InChI is InChI=1S/C23H21F3N4O2.C20H16F3N3O.C7H6N4O.C2H7N/c1-3-11-29-14-18(17-7-5-6-8-20(17)29)22(32,23(24,25)26)16-9-10-19-15(12-16)13-28-30(19)21(31)27-4-2;1-2-9-26-12-16(15-5-3-4-6-18(15)26)19(27,20(21,22)23)14-7-8-17-13(10-14)11-24-25-17;12-7(10-3-1-8-5-10)11-4-2-9-6-11;1-2-3/h3,5-10,12-14,32H,1,4,11H2,2H3,(H,27,31);2-8,10-12,27H,1,9H2,(H,24,25);1-6H;2-3H2,1H3. The minimum absolute atomic E-state index is 0.190. The maximum Gasteiger partial charge on any atom is 0.425 e. The highest BCUT2D eigenvalue weighted by atomic mass is 19.4. The first-order valence-electron chi connectivity index (χ1n) is 22.7. The van der Waals surface area contributed by atoms with Crippen molar-refractivity contribution in [2.45, 2.75) is 50.5 Å². The van der Waals surface area contributed by atoms with Crippen LogP contribution in [0.2, 0.25) is 0 Å². The Hall–Kier alpha value is -8.60. The van der Waals surface area contributed by atoms with Gasteiger partial charge >= 0.3 is 24.4 Å². The van der Waals surface area contributed by atoms with Gasteiger partial charge in [0.15, 0.2) is 0 Å². The Balaban J connectivity index is 0.000000171. The van der Waals surface area contributed by atoms with E-state index in [0.29, 0.717) is 51.3 Å². The highest BCUT2D eigenvalue weighted by Crippen LogP contribution is 2.49. The number of nitrogens with zero attached hydrogens (tertiary/aromatic N) is 9. The number of nitrogens with two attached hydrogens (primary N) is 1. The molecule has 10 rings (SSSR count). The lowest BCUT2D eigenvalue weighted by Gasteiger charge is -2.31. The van der Waals surface area contributed by atoms with Crippen LogP contribution in [0, 0.1) is 0 Å². The zero-order valence-electron chi connectivity index (χ0n) is 39.8. The van der Waals surface area contributed by atoms with Crippen molar-refractivity contribution in [1.82, 2.24) is 53.5 Å². The lowest BCUT2D eigenvalue weighted by atomic mass is 9.85. The van der Waals surface area contributed by atoms with Crippen molar-refractivity contribution in [3.8, 4) is 0 Å². The second kappa shape index (κ2) is 22.0. The minimum Gasteiger partial charge on any atom is -0.372 e. The Labute approximate surface area is 418 Å². The molecule has 0 aliphatic carbocycles. The van der Waals surface area contributed by atoms with Gasteiger partial charge in [-0.25, -0.2) is 19.6 Å². The molecule has 0 aliphatic rings. The summed E-state index contributed by atoms with van der Waals surface area (Å²) in [5, 5.41) is 36.8. The van der Waals surface area contributed by atoms with Crippen molar-refractivity contribution in [2.24, 2.45) is 5.73 Å². The molecule has 2 unspecified atom stereocenters. The second-order valence-corrected chi connectivity index (χ2v) is 16.4. The fourth-order valence-corrected chi connectivity index (χ4v) is 8.29. The van der Waals surface area contributed by atoms with Crippen molar-refractivity contribution in [1.29, 1.82) is 0 Å². The number of fused-ring (bicyclic) bond motifs is 4. The summed E-state index contributed by atoms with van der Waals surface area (Å²) in [6.45, 7) is 12.7. The van der Waals surface area contributed by atoms with E-state index in [1.807, 2.05) is 6.92 Å². The van der Waals surface area contributed by atoms with Crippen LogP contribution in [0.4, 0.5) is 35.9 Å². The van der Waals surface area contributed by atoms with Gasteiger partial charge in [-0.05, 0) is 61.0 Å². The molecule has 384 valence electrons. The molecule has 0 bridgehead atoms. The number of aromatic amines is 1. The fourth-order valence-electron chi connectivity index (χ4n) is 8.29. The first kappa shape index (κ1) is 53.2. The lowest BCUT2D eigenvalue weighted by Crippen LogP contribution is -2.43. The number of rotatable bonds is 9. The summed E-state index contributed by atoms with van der Waals surface area (Å²) in [6.07, 6.45) is 7.78. The molecule has 6 N–H and O–H groups in total. The van der Waals surface area contributed by atoms with Gasteiger partial charge in [0, 0.05) is 101 Å². The van der Waals surface area contributed by atoms with Gasteiger partial charge in [-0.1, -0.05) is 67.6 Å². The van der Waals surface area contributed by atoms with Gasteiger partial charge in [-0.15, -0.1) is 13.2 Å². The highest BCUT2D eigenvalue weighted by molar-refractivity contribution is 5.91. The number of hydrogen-bond acceptors (Lipinski definition) is 9. The lowest BCUT2D eigenvalue weighted by molar-refractivity contribution is -0.248. The highest BCUT2D eigenvalue weighted by Gasteiger charge is 2.58. The predicted molar refractivity (Wildman–Crippen MR) is 268 cm³/mol. The summed E-state index contributed by atoms with van der Waals surface area (Å²) in [4.78, 5) is 31.1. The molecule has 0 radical (unpaired) electrons. The first-order valence-corrected chi connectivity index (χ1v) is 22.7. The number of para-hydroxylation sites is 2. The second-order valence-electron chi connectivity index (χ2n) is 16.4. The van der Waals surface area contributed by atoms with Gasteiger partial charge in [0.05, 0.1) is 23.4 Å². The third kappa shape index (κ3) is 10.2. The minimum atomic E-state index is -5.01. The smallest absolute Gasteiger partial charge is 0.372 e. The van der Waals surface area contributed by atoms with Crippen molar-refractivity contribution in [3.63, 3.8) is 0 Å². The van der Waals surface area contributed by atoms with Crippen LogP contribution < -0.4 is 11.1 Å². The van der Waals surface area contributed by atoms with Crippen LogP contribution in [0.3, 0.4) is 0 Å². The molecule has 0 fully saturated rings. The van der Waals surface area contributed by atoms with Gasteiger partial charge in [0.1, 0.15) is 12.7 Å². The number of carbonyl (C=O) groups excluding carboxylic acids is 2. The van der Waals surface area contributed by atoms with E-state index in [0.717, 1.165) is 11.2 Å². The predicted octanol–water partition coefficient (Wildman–Crippen LogP) is 9.62. The Morgan fingerprint density at radius 3 is 1.65 bits per heavy atom. The number of aliphatic hydroxyl groups is 2. The number of halogens is 6. The molecular weight excluding hydrogens is 971 g/mol. The average molecular weight is 1020 g/mol. The number of imidazole rings is 2. The van der Waals surface area contributed by atoms with Crippen LogP contribution in [-0.2, 0) is 24.3 Å². The Bertz CT molecular complexity index is 3500. The molecule has 0 aliphatic heterocycles. The average Bonchev–Trinajstić information content (AvgIpc) is 4.26. The molecule has 22 heteroatoms. The van der Waals surface area contributed by atoms with Crippen molar-refractivity contribution < 1.29 is 46.1 Å². The molecule has 74 heavy (non-hydrogen) atoms. The van der Waals surface area contributed by atoms with Crippen molar-refractivity contribution in [2.75, 3.05) is 13.1 Å². The van der Waals surface area contributed by atoms with Gasteiger partial charge in [0.25, 0.3) is 0 Å². The molecule has 0 saturated heterocycles. The third-order valence-electron chi connectivity index (χ3n) is 11.6. The van der Waals surface area contributed by atoms with E-state index in [2.05, 4.69) is 43.7 Å². The summed E-state index contributed by atoms with van der Waals surface area (Å²) in [5.74, 6) is 0. The third-order valence-corrected chi connectivity index (χ3v) is 11.6. The molecule has 10 aromatic rings. The van der Waals surface area contributed by atoms with Crippen LogP contribution in [-0.4, -0.2) is 95.9 Å². The number of aromatic nitrogens is 10. The van der Waals surface area contributed by atoms with Crippen LogP contribution in [0.25, 0.3) is 43.6 Å². The maximum atomic E-state index is 14.5. The van der Waals surface area contributed by atoms with Crippen LogP contribution >= 0.6 is 0 Å². The van der Waals surface area contributed by atoms with Gasteiger partial charge in [0.2, 0.25) is 11.2 Å². The van der Waals surface area contributed by atoms with E-state index >= 15 is 0 Å². The van der Waals surface area contributed by atoms with Crippen molar-refractivity contribution in [3.05, 3.63) is 195 Å². The largest absolute Gasteiger partial charge is 0.425 e. The number of H-pyrrole nitrogens is 1. The molecule has 6 heterocycles. The topological polar surface area (TPSA) is 205 Å². The summed E-state index contributed by atoms with van der Waals surface area (Å²) in [6, 6.07) is 20.4. The van der Waals surface area contributed by atoms with Crippen LogP contribution in [0.5, 0.6) is 0 Å². The monoisotopic (exact) mass is 1020 g/mol. The van der Waals surface area contributed by atoms with E-state index < -0.39 is 29.6 Å². The summed E-state index contributed by atoms with van der Waals surface area (Å²) in [7, 11) is 0. The molecule has 4 aromatic carbocycles. The Morgan fingerprint density at radius 2 is 1.19 bits per heavy atom. The van der Waals surface area contributed by atoms with Gasteiger partial charge in [-0.2, -0.15) is 41.2 Å². The maximum absolute atomic E-state index is 14.5. The number of allylic oxidation sites excluding steroid dienone is 2. The molecule has 6 aromatic heterocycles. The van der Waals surface area contributed by atoms with Crippen LogP contribution in [0.15, 0.2) is 172 Å². The first-order chi connectivity index (χ1) is 35.4. The normalized spacial score (nSPS) is 13.2. The van der Waals surface area contributed by atoms with E-state index in [-0.39, 0.29) is 40.2 Å². The van der Waals surface area contributed by atoms with E-state index in [4.69, 9.17) is 5.73 Å². The number of nitrogens with one attached hydrogen (secondary N) is 2. The molecule has 0 spiro atoms. The molecule has 0 saturated carbocycles. The summed E-state index contributed by atoms with van der Waals surface area (Å²) >= 11 is 0. The van der Waals surface area contributed by atoms with E-state index in [1.54, 1.807) is 102 Å². The quantitative estimate of drug-likeness (QED) is 0.0689. The Kier molecular flexibility index (Phi) is 15.8. The van der Waals surface area contributed by atoms with Gasteiger partial charge in [-0.3, -0.25) is 14.2 Å². The summed E-state index contributed by atoms with van der Waals surface area (Å²) < 4.78 is 93.2. The molecular formula is C52H50F6N12O4. The zero-order valence-corrected chi connectivity index (χ0v) is 39.8. The Morgan fingerprint density at radius 1 is 0.703 bits per heavy atom. The van der Waals surface area contributed by atoms with Crippen molar-refractivity contribution >= 4 is 55.7 Å². The van der Waals surface area contributed by atoms with Gasteiger partial charge < -0.3 is 30.4 Å². The molecule has 1 amide bonds. The van der Waals surface area contributed by atoms with E-state index in [1.165, 1.54) is 83.0 Å². The number of hydrogen-bond donors (Lipinski definition) is 5.